The molecule has 3 N–H and O–H groups in total. The lowest BCUT2D eigenvalue weighted by Gasteiger charge is -2.27. The summed E-state index contributed by atoms with van der Waals surface area (Å²) in [6.45, 7) is 6.97. The zero-order valence-corrected chi connectivity index (χ0v) is 10.9. The summed E-state index contributed by atoms with van der Waals surface area (Å²) < 4.78 is 0. The standard InChI is InChI=1S/C13H28N2O/c1-3-9-15(12-6-7-12)10-5-8-13(16,4-2)11-14/h12,16H,3-11,14H2,1-2H3. The second-order valence-corrected chi connectivity index (χ2v) is 5.15. The van der Waals surface area contributed by atoms with Gasteiger partial charge in [0.25, 0.3) is 0 Å². The van der Waals surface area contributed by atoms with Crippen molar-refractivity contribution in [1.82, 2.24) is 4.90 Å². The van der Waals surface area contributed by atoms with Crippen LogP contribution < -0.4 is 5.73 Å². The maximum absolute atomic E-state index is 10.1. The first-order valence-corrected chi connectivity index (χ1v) is 6.81. The van der Waals surface area contributed by atoms with Crippen molar-refractivity contribution in [2.45, 2.75) is 64.0 Å². The molecule has 0 saturated heterocycles. The molecular formula is C13H28N2O. The fourth-order valence-corrected chi connectivity index (χ4v) is 2.24. The van der Waals surface area contributed by atoms with Crippen LogP contribution in [0.2, 0.25) is 0 Å². The molecule has 0 aromatic heterocycles. The van der Waals surface area contributed by atoms with E-state index in [0.717, 1.165) is 31.8 Å². The van der Waals surface area contributed by atoms with E-state index in [1.54, 1.807) is 0 Å². The number of hydrogen-bond donors (Lipinski definition) is 2. The third kappa shape index (κ3) is 4.40. The van der Waals surface area contributed by atoms with Crippen LogP contribution in [0, 0.1) is 0 Å². The van der Waals surface area contributed by atoms with Gasteiger partial charge in [-0.2, -0.15) is 0 Å². The third-order valence-corrected chi connectivity index (χ3v) is 3.70. The molecule has 3 nitrogen and oxygen atoms in total. The maximum Gasteiger partial charge on any atom is 0.0767 e. The van der Waals surface area contributed by atoms with Crippen LogP contribution in [0.4, 0.5) is 0 Å². The normalized spacial score (nSPS) is 20.1. The number of nitrogens with zero attached hydrogens (tertiary/aromatic N) is 1. The molecular weight excluding hydrogens is 200 g/mol. The molecule has 0 spiro atoms. The van der Waals surface area contributed by atoms with Crippen molar-refractivity contribution in [1.29, 1.82) is 0 Å². The third-order valence-electron chi connectivity index (χ3n) is 3.70. The lowest BCUT2D eigenvalue weighted by molar-refractivity contribution is 0.0313. The van der Waals surface area contributed by atoms with Crippen molar-refractivity contribution in [3.8, 4) is 0 Å². The van der Waals surface area contributed by atoms with Gasteiger partial charge in [-0.05, 0) is 51.6 Å². The Kier molecular flexibility index (Phi) is 5.73. The van der Waals surface area contributed by atoms with Crippen molar-refractivity contribution in [3.63, 3.8) is 0 Å². The lowest BCUT2D eigenvalue weighted by atomic mass is 9.95. The molecule has 0 heterocycles. The molecule has 1 aliphatic carbocycles. The first-order valence-electron chi connectivity index (χ1n) is 6.81. The van der Waals surface area contributed by atoms with E-state index in [0.29, 0.717) is 6.54 Å². The molecule has 0 aromatic carbocycles. The Morgan fingerprint density at radius 1 is 1.31 bits per heavy atom. The first-order chi connectivity index (χ1) is 7.65. The summed E-state index contributed by atoms with van der Waals surface area (Å²) >= 11 is 0. The van der Waals surface area contributed by atoms with Gasteiger partial charge in [0.05, 0.1) is 5.60 Å². The van der Waals surface area contributed by atoms with E-state index in [2.05, 4.69) is 11.8 Å². The molecule has 1 aliphatic rings. The molecule has 0 bridgehead atoms. The number of nitrogens with two attached hydrogens (primary N) is 1. The Morgan fingerprint density at radius 3 is 2.44 bits per heavy atom. The zero-order chi connectivity index (χ0) is 12.0. The van der Waals surface area contributed by atoms with Gasteiger partial charge in [-0.3, -0.25) is 0 Å². The van der Waals surface area contributed by atoms with Gasteiger partial charge in [-0.1, -0.05) is 13.8 Å². The largest absolute Gasteiger partial charge is 0.389 e. The van der Waals surface area contributed by atoms with Crippen molar-refractivity contribution in [2.24, 2.45) is 5.73 Å². The van der Waals surface area contributed by atoms with E-state index in [4.69, 9.17) is 5.73 Å². The molecule has 0 aromatic rings. The molecule has 1 fully saturated rings. The zero-order valence-electron chi connectivity index (χ0n) is 10.9. The lowest BCUT2D eigenvalue weighted by Crippen LogP contribution is -2.38. The Balaban J connectivity index is 2.21. The van der Waals surface area contributed by atoms with Crippen LogP contribution in [-0.2, 0) is 0 Å². The molecule has 1 unspecified atom stereocenters. The van der Waals surface area contributed by atoms with Gasteiger partial charge in [-0.15, -0.1) is 0 Å². The fraction of sp³-hybridized carbons (Fsp3) is 1.00. The van der Waals surface area contributed by atoms with Gasteiger partial charge in [0.15, 0.2) is 0 Å². The molecule has 1 rings (SSSR count). The molecule has 3 heteroatoms. The SMILES string of the molecule is CCCN(CCCC(O)(CC)CN)C1CC1. The van der Waals surface area contributed by atoms with Gasteiger partial charge < -0.3 is 15.7 Å². The summed E-state index contributed by atoms with van der Waals surface area (Å²) in [5.74, 6) is 0. The summed E-state index contributed by atoms with van der Waals surface area (Å²) in [6.07, 6.45) is 6.64. The minimum Gasteiger partial charge on any atom is -0.389 e. The highest BCUT2D eigenvalue weighted by Gasteiger charge is 2.29. The molecule has 0 amide bonds. The van der Waals surface area contributed by atoms with Crippen LogP contribution in [0.3, 0.4) is 0 Å². The van der Waals surface area contributed by atoms with Crippen molar-refractivity contribution < 1.29 is 5.11 Å². The predicted octanol–water partition coefficient (Wildman–Crippen LogP) is 1.74. The number of rotatable bonds is 9. The minimum absolute atomic E-state index is 0.390. The summed E-state index contributed by atoms with van der Waals surface area (Å²) in [5.41, 5.74) is 4.98. The highest BCUT2D eigenvalue weighted by Crippen LogP contribution is 2.27. The van der Waals surface area contributed by atoms with Gasteiger partial charge >= 0.3 is 0 Å². The smallest absolute Gasteiger partial charge is 0.0767 e. The number of aliphatic hydroxyl groups is 1. The summed E-state index contributed by atoms with van der Waals surface area (Å²) in [4.78, 5) is 2.58. The van der Waals surface area contributed by atoms with E-state index < -0.39 is 5.60 Å². The van der Waals surface area contributed by atoms with Gasteiger partial charge in [0.1, 0.15) is 0 Å². The molecule has 0 aliphatic heterocycles. The van der Waals surface area contributed by atoms with E-state index in [1.807, 2.05) is 6.92 Å². The highest BCUT2D eigenvalue weighted by molar-refractivity contribution is 4.85. The Bertz CT molecular complexity index is 188. The van der Waals surface area contributed by atoms with Gasteiger partial charge in [0.2, 0.25) is 0 Å². The second-order valence-electron chi connectivity index (χ2n) is 5.15. The van der Waals surface area contributed by atoms with Gasteiger partial charge in [-0.25, -0.2) is 0 Å². The van der Waals surface area contributed by atoms with Crippen LogP contribution in [0.1, 0.15) is 52.4 Å². The van der Waals surface area contributed by atoms with E-state index >= 15 is 0 Å². The average molecular weight is 228 g/mol. The molecule has 1 saturated carbocycles. The summed E-state index contributed by atoms with van der Waals surface area (Å²) in [5, 5.41) is 10.1. The predicted molar refractivity (Wildman–Crippen MR) is 68.4 cm³/mol. The van der Waals surface area contributed by atoms with Crippen LogP contribution in [-0.4, -0.2) is 41.3 Å². The Morgan fingerprint density at radius 2 is 2.00 bits per heavy atom. The molecule has 96 valence electrons. The van der Waals surface area contributed by atoms with Gasteiger partial charge in [0, 0.05) is 12.6 Å². The summed E-state index contributed by atoms with van der Waals surface area (Å²) in [7, 11) is 0. The van der Waals surface area contributed by atoms with E-state index in [-0.39, 0.29) is 0 Å². The average Bonchev–Trinajstić information content (AvgIpc) is 3.11. The van der Waals surface area contributed by atoms with Crippen molar-refractivity contribution >= 4 is 0 Å². The molecule has 1 atom stereocenters. The first kappa shape index (κ1) is 13.9. The van der Waals surface area contributed by atoms with Crippen LogP contribution in [0.5, 0.6) is 0 Å². The minimum atomic E-state index is -0.624. The van der Waals surface area contributed by atoms with E-state index in [9.17, 15) is 5.11 Å². The van der Waals surface area contributed by atoms with E-state index in [1.165, 1.54) is 25.8 Å². The van der Waals surface area contributed by atoms with Crippen molar-refractivity contribution in [3.05, 3.63) is 0 Å². The topological polar surface area (TPSA) is 49.5 Å². The Labute approximate surface area is 100 Å². The Hall–Kier alpha value is -0.120. The molecule has 16 heavy (non-hydrogen) atoms. The fourth-order valence-electron chi connectivity index (χ4n) is 2.24. The van der Waals surface area contributed by atoms with Crippen LogP contribution in [0.15, 0.2) is 0 Å². The van der Waals surface area contributed by atoms with Crippen LogP contribution in [0.25, 0.3) is 0 Å². The monoisotopic (exact) mass is 228 g/mol. The van der Waals surface area contributed by atoms with Crippen molar-refractivity contribution in [2.75, 3.05) is 19.6 Å². The second kappa shape index (κ2) is 6.58. The number of hydrogen-bond acceptors (Lipinski definition) is 3. The maximum atomic E-state index is 10.1. The summed E-state index contributed by atoms with van der Waals surface area (Å²) in [6, 6.07) is 0.840. The highest BCUT2D eigenvalue weighted by atomic mass is 16.3. The quantitative estimate of drug-likeness (QED) is 0.632. The van der Waals surface area contributed by atoms with Crippen LogP contribution >= 0.6 is 0 Å². The molecule has 0 radical (unpaired) electrons.